The fraction of sp³-hybridized carbons (Fsp3) is 0.462. The van der Waals surface area contributed by atoms with E-state index in [1.807, 2.05) is 18.2 Å². The van der Waals surface area contributed by atoms with E-state index in [1.54, 1.807) is 6.07 Å². The third-order valence-corrected chi connectivity index (χ3v) is 3.16. The second-order valence-electron chi connectivity index (χ2n) is 4.42. The second kappa shape index (κ2) is 5.68. The summed E-state index contributed by atoms with van der Waals surface area (Å²) in [5.41, 5.74) is 6.71. The van der Waals surface area contributed by atoms with Crippen molar-refractivity contribution in [3.63, 3.8) is 0 Å². The normalized spacial score (nSPS) is 19.2. The Morgan fingerprint density at radius 2 is 2.29 bits per heavy atom. The van der Waals surface area contributed by atoms with Gasteiger partial charge in [0.1, 0.15) is 0 Å². The van der Waals surface area contributed by atoms with Gasteiger partial charge in [0, 0.05) is 18.3 Å². The lowest BCUT2D eigenvalue weighted by Crippen LogP contribution is -2.24. The van der Waals surface area contributed by atoms with Gasteiger partial charge in [-0.25, -0.2) is 0 Å². The number of anilines is 1. The predicted molar refractivity (Wildman–Crippen MR) is 69.1 cm³/mol. The number of hydrogen-bond acceptors (Lipinski definition) is 3. The van der Waals surface area contributed by atoms with Crippen LogP contribution in [0.2, 0.25) is 0 Å². The molecule has 1 aromatic carbocycles. The van der Waals surface area contributed by atoms with E-state index < -0.39 is 0 Å². The number of para-hydroxylation sites is 1. The van der Waals surface area contributed by atoms with Gasteiger partial charge in [0.15, 0.2) is 0 Å². The number of nitrogens with one attached hydrogen (secondary N) is 2. The van der Waals surface area contributed by atoms with Crippen LogP contribution in [0.5, 0.6) is 0 Å². The molecule has 4 nitrogen and oxygen atoms in total. The average Bonchev–Trinajstić information content (AvgIpc) is 2.82. The van der Waals surface area contributed by atoms with Crippen LogP contribution in [0.4, 0.5) is 5.69 Å². The molecule has 0 saturated carbocycles. The summed E-state index contributed by atoms with van der Waals surface area (Å²) in [6.45, 7) is 1.99. The highest BCUT2D eigenvalue weighted by molar-refractivity contribution is 5.98. The molecule has 1 fully saturated rings. The van der Waals surface area contributed by atoms with Crippen LogP contribution in [0.3, 0.4) is 0 Å². The van der Waals surface area contributed by atoms with Crippen molar-refractivity contribution in [2.75, 3.05) is 18.4 Å². The lowest BCUT2D eigenvalue weighted by Gasteiger charge is -2.13. The minimum atomic E-state index is -0.382. The summed E-state index contributed by atoms with van der Waals surface area (Å²) in [6, 6.07) is 7.98. The fourth-order valence-electron chi connectivity index (χ4n) is 2.24. The molecule has 0 aliphatic carbocycles. The minimum absolute atomic E-state index is 0.382. The number of nitrogens with two attached hydrogens (primary N) is 1. The number of carbonyl (C=O) groups is 1. The predicted octanol–water partition coefficient (Wildman–Crippen LogP) is 1.34. The van der Waals surface area contributed by atoms with Crippen LogP contribution in [0, 0.1) is 0 Å². The summed E-state index contributed by atoms with van der Waals surface area (Å²) >= 11 is 0. The first-order valence-electron chi connectivity index (χ1n) is 6.13. The first-order chi connectivity index (χ1) is 8.27. The third-order valence-electron chi connectivity index (χ3n) is 3.16. The van der Waals surface area contributed by atoms with Gasteiger partial charge in [-0.2, -0.15) is 0 Å². The van der Waals surface area contributed by atoms with Gasteiger partial charge in [-0.1, -0.05) is 12.1 Å². The Labute approximate surface area is 102 Å². The zero-order chi connectivity index (χ0) is 12.1. The van der Waals surface area contributed by atoms with E-state index in [0.717, 1.165) is 25.2 Å². The van der Waals surface area contributed by atoms with Crippen LogP contribution in [0.15, 0.2) is 24.3 Å². The van der Waals surface area contributed by atoms with E-state index in [2.05, 4.69) is 10.6 Å². The van der Waals surface area contributed by atoms with E-state index >= 15 is 0 Å². The Balaban J connectivity index is 1.87. The number of benzene rings is 1. The zero-order valence-electron chi connectivity index (χ0n) is 9.91. The summed E-state index contributed by atoms with van der Waals surface area (Å²) in [6.07, 6.45) is 3.59. The van der Waals surface area contributed by atoms with Crippen LogP contribution in [-0.2, 0) is 0 Å². The molecule has 1 heterocycles. The number of amides is 1. The van der Waals surface area contributed by atoms with E-state index in [9.17, 15) is 4.79 Å². The largest absolute Gasteiger partial charge is 0.384 e. The number of primary amides is 1. The van der Waals surface area contributed by atoms with E-state index in [0.29, 0.717) is 11.6 Å². The lowest BCUT2D eigenvalue weighted by molar-refractivity contribution is 0.100. The highest BCUT2D eigenvalue weighted by atomic mass is 16.1. The molecule has 2 rings (SSSR count). The minimum Gasteiger partial charge on any atom is -0.384 e. The average molecular weight is 233 g/mol. The van der Waals surface area contributed by atoms with Gasteiger partial charge >= 0.3 is 0 Å². The van der Waals surface area contributed by atoms with Crippen LogP contribution in [0.1, 0.15) is 29.6 Å². The molecule has 1 aromatic rings. The van der Waals surface area contributed by atoms with Crippen LogP contribution in [-0.4, -0.2) is 25.0 Å². The van der Waals surface area contributed by atoms with Gasteiger partial charge in [-0.05, 0) is 37.9 Å². The topological polar surface area (TPSA) is 67.2 Å². The van der Waals surface area contributed by atoms with Crippen LogP contribution < -0.4 is 16.4 Å². The first-order valence-corrected chi connectivity index (χ1v) is 6.13. The summed E-state index contributed by atoms with van der Waals surface area (Å²) in [5, 5.41) is 6.73. The molecule has 17 heavy (non-hydrogen) atoms. The molecule has 1 aliphatic heterocycles. The Hall–Kier alpha value is -1.55. The third kappa shape index (κ3) is 3.20. The van der Waals surface area contributed by atoms with Crippen molar-refractivity contribution >= 4 is 11.6 Å². The molecule has 1 unspecified atom stereocenters. The summed E-state index contributed by atoms with van der Waals surface area (Å²) in [5.74, 6) is -0.382. The van der Waals surface area contributed by atoms with Gasteiger partial charge in [0.05, 0.1) is 5.56 Å². The number of hydrogen-bond donors (Lipinski definition) is 3. The molecule has 1 aliphatic rings. The highest BCUT2D eigenvalue weighted by Crippen LogP contribution is 2.15. The molecule has 4 N–H and O–H groups in total. The summed E-state index contributed by atoms with van der Waals surface area (Å²) < 4.78 is 0. The van der Waals surface area contributed by atoms with E-state index in [1.165, 1.54) is 12.8 Å². The Bertz CT molecular complexity index is 386. The van der Waals surface area contributed by atoms with Crippen molar-refractivity contribution in [1.29, 1.82) is 0 Å². The number of carbonyl (C=O) groups excluding carboxylic acids is 1. The van der Waals surface area contributed by atoms with Crippen molar-refractivity contribution in [3.8, 4) is 0 Å². The van der Waals surface area contributed by atoms with E-state index in [4.69, 9.17) is 5.73 Å². The molecule has 0 spiro atoms. The van der Waals surface area contributed by atoms with Crippen molar-refractivity contribution in [2.45, 2.75) is 25.3 Å². The smallest absolute Gasteiger partial charge is 0.250 e. The molecular weight excluding hydrogens is 214 g/mol. The Kier molecular flexibility index (Phi) is 3.98. The highest BCUT2D eigenvalue weighted by Gasteiger charge is 2.13. The van der Waals surface area contributed by atoms with Crippen LogP contribution >= 0.6 is 0 Å². The molecule has 1 amide bonds. The van der Waals surface area contributed by atoms with Crippen molar-refractivity contribution < 1.29 is 4.79 Å². The maximum absolute atomic E-state index is 11.2. The Morgan fingerprint density at radius 3 is 3.00 bits per heavy atom. The molecule has 0 aromatic heterocycles. The van der Waals surface area contributed by atoms with E-state index in [-0.39, 0.29) is 5.91 Å². The monoisotopic (exact) mass is 233 g/mol. The van der Waals surface area contributed by atoms with Gasteiger partial charge in [0.25, 0.3) is 5.91 Å². The van der Waals surface area contributed by atoms with Gasteiger partial charge in [0.2, 0.25) is 0 Å². The number of rotatable bonds is 5. The Morgan fingerprint density at radius 1 is 1.47 bits per heavy atom. The molecule has 0 bridgehead atoms. The molecule has 0 radical (unpaired) electrons. The molecule has 92 valence electrons. The maximum Gasteiger partial charge on any atom is 0.250 e. The zero-order valence-corrected chi connectivity index (χ0v) is 9.91. The standard InChI is InChI=1S/C13H19N3O/c14-13(17)11-5-1-2-6-12(11)16-9-7-10-4-3-8-15-10/h1-2,5-6,10,15-16H,3-4,7-9H2,(H2,14,17). The fourth-order valence-corrected chi connectivity index (χ4v) is 2.24. The lowest BCUT2D eigenvalue weighted by atomic mass is 10.1. The SMILES string of the molecule is NC(=O)c1ccccc1NCCC1CCCN1. The second-order valence-corrected chi connectivity index (χ2v) is 4.42. The molecule has 1 atom stereocenters. The van der Waals surface area contributed by atoms with Crippen molar-refractivity contribution in [1.82, 2.24) is 5.32 Å². The molecule has 1 saturated heterocycles. The maximum atomic E-state index is 11.2. The van der Waals surface area contributed by atoms with Crippen molar-refractivity contribution in [2.24, 2.45) is 5.73 Å². The molecular formula is C13H19N3O. The quantitative estimate of drug-likeness (QED) is 0.719. The van der Waals surface area contributed by atoms with Crippen LogP contribution in [0.25, 0.3) is 0 Å². The van der Waals surface area contributed by atoms with Gasteiger partial charge in [-0.3, -0.25) is 4.79 Å². The summed E-state index contributed by atoms with van der Waals surface area (Å²) in [7, 11) is 0. The van der Waals surface area contributed by atoms with Gasteiger partial charge in [-0.15, -0.1) is 0 Å². The van der Waals surface area contributed by atoms with Gasteiger partial charge < -0.3 is 16.4 Å². The van der Waals surface area contributed by atoms with Crippen molar-refractivity contribution in [3.05, 3.63) is 29.8 Å². The summed E-state index contributed by atoms with van der Waals surface area (Å²) in [4.78, 5) is 11.2. The first kappa shape index (κ1) is 11.9. The molecule has 4 heteroatoms.